The Bertz CT molecular complexity index is 1020. The number of amides is 2. The zero-order valence-electron chi connectivity index (χ0n) is 16.1. The third-order valence-corrected chi connectivity index (χ3v) is 5.47. The van der Waals surface area contributed by atoms with Crippen molar-refractivity contribution in [3.8, 4) is 0 Å². The maximum atomic E-state index is 13.3. The van der Waals surface area contributed by atoms with Crippen LogP contribution in [0.25, 0.3) is 0 Å². The lowest BCUT2D eigenvalue weighted by atomic mass is 9.86. The number of hydrogen-bond donors (Lipinski definition) is 1. The van der Waals surface area contributed by atoms with E-state index in [0.717, 1.165) is 4.90 Å². The molecule has 4 atom stereocenters. The van der Waals surface area contributed by atoms with Gasteiger partial charge >= 0.3 is 5.97 Å². The van der Waals surface area contributed by atoms with Gasteiger partial charge in [0.1, 0.15) is 6.04 Å². The number of benzene rings is 2. The van der Waals surface area contributed by atoms with Gasteiger partial charge in [0.15, 0.2) is 0 Å². The molecule has 2 heterocycles. The van der Waals surface area contributed by atoms with Crippen molar-refractivity contribution in [3.63, 3.8) is 0 Å². The van der Waals surface area contributed by atoms with Crippen LogP contribution in [0.5, 0.6) is 0 Å². The fourth-order valence-corrected chi connectivity index (χ4v) is 4.23. The number of carbonyl (C=O) groups excluding carboxylic acids is 3. The lowest BCUT2D eigenvalue weighted by Gasteiger charge is -2.22. The quantitative estimate of drug-likeness (QED) is 0.347. The van der Waals surface area contributed by atoms with E-state index in [1.807, 2.05) is 0 Å². The van der Waals surface area contributed by atoms with Crippen LogP contribution in [0, 0.1) is 22.0 Å². The first-order valence-corrected chi connectivity index (χ1v) is 9.54. The van der Waals surface area contributed by atoms with Crippen molar-refractivity contribution in [2.24, 2.45) is 11.8 Å². The van der Waals surface area contributed by atoms with Gasteiger partial charge in [0.05, 0.1) is 29.1 Å². The van der Waals surface area contributed by atoms with E-state index in [2.05, 4.69) is 5.32 Å². The zero-order chi connectivity index (χ0) is 21.4. The summed E-state index contributed by atoms with van der Waals surface area (Å²) < 4.78 is 5.11. The van der Waals surface area contributed by atoms with Crippen LogP contribution >= 0.6 is 0 Å². The van der Waals surface area contributed by atoms with Crippen molar-refractivity contribution in [2.45, 2.75) is 19.0 Å². The summed E-state index contributed by atoms with van der Waals surface area (Å²) in [6.07, 6.45) is 0. The molecule has 0 spiro atoms. The molecule has 154 valence electrons. The minimum Gasteiger partial charge on any atom is -0.465 e. The number of nitro groups is 1. The average Bonchev–Trinajstić information content (AvgIpc) is 3.26. The topological polar surface area (TPSA) is 119 Å². The fraction of sp³-hybridized carbons (Fsp3) is 0.286. The van der Waals surface area contributed by atoms with Gasteiger partial charge < -0.3 is 4.74 Å². The van der Waals surface area contributed by atoms with Gasteiger partial charge in [-0.1, -0.05) is 30.3 Å². The first kappa shape index (κ1) is 19.7. The summed E-state index contributed by atoms with van der Waals surface area (Å²) in [6, 6.07) is 12.6. The van der Waals surface area contributed by atoms with Crippen LogP contribution in [0.1, 0.15) is 18.5 Å². The molecule has 0 saturated carbocycles. The first-order valence-electron chi connectivity index (χ1n) is 9.54. The molecule has 2 aliphatic heterocycles. The highest BCUT2D eigenvalue weighted by atomic mass is 16.6. The Morgan fingerprint density at radius 3 is 2.47 bits per heavy atom. The van der Waals surface area contributed by atoms with Crippen molar-refractivity contribution in [2.75, 3.05) is 11.5 Å². The Hall–Kier alpha value is -3.59. The standard InChI is InChI=1S/C21H19N3O6/c1-2-30-21(27)18-16-15(17(22-18)12-7-6-10-14(11-12)24(28)29)19(25)23(20(16)26)13-8-4-3-5-9-13/h3-11,15-18,22H,2H2,1H3/t15-,16+,17-,18-/m1/s1. The molecule has 1 N–H and O–H groups in total. The number of nitrogens with zero attached hydrogens (tertiary/aromatic N) is 2. The summed E-state index contributed by atoms with van der Waals surface area (Å²) in [4.78, 5) is 50.8. The van der Waals surface area contributed by atoms with Crippen molar-refractivity contribution in [1.29, 1.82) is 0 Å². The molecule has 0 bridgehead atoms. The van der Waals surface area contributed by atoms with Gasteiger partial charge in [0.25, 0.3) is 5.69 Å². The number of para-hydroxylation sites is 1. The Morgan fingerprint density at radius 2 is 1.80 bits per heavy atom. The van der Waals surface area contributed by atoms with Gasteiger partial charge in [-0.25, -0.2) is 4.90 Å². The molecule has 2 saturated heterocycles. The number of esters is 1. The highest BCUT2D eigenvalue weighted by molar-refractivity contribution is 6.23. The summed E-state index contributed by atoms with van der Waals surface area (Å²) in [5.74, 6) is -3.41. The highest BCUT2D eigenvalue weighted by Crippen LogP contribution is 2.45. The Balaban J connectivity index is 1.77. The average molecular weight is 409 g/mol. The van der Waals surface area contributed by atoms with E-state index < -0.39 is 46.6 Å². The fourth-order valence-electron chi connectivity index (χ4n) is 4.23. The molecule has 9 nitrogen and oxygen atoms in total. The molecule has 2 aromatic carbocycles. The molecule has 0 aromatic heterocycles. The van der Waals surface area contributed by atoms with Crippen molar-refractivity contribution >= 4 is 29.2 Å². The van der Waals surface area contributed by atoms with E-state index in [9.17, 15) is 24.5 Å². The minimum atomic E-state index is -1.02. The van der Waals surface area contributed by atoms with Crippen LogP contribution in [0.3, 0.4) is 0 Å². The molecule has 0 unspecified atom stereocenters. The molecular formula is C21H19N3O6. The van der Waals surface area contributed by atoms with E-state index in [4.69, 9.17) is 4.74 Å². The molecule has 2 fully saturated rings. The van der Waals surface area contributed by atoms with Gasteiger partial charge in [-0.3, -0.25) is 29.8 Å². The number of fused-ring (bicyclic) bond motifs is 1. The Kier molecular flexibility index (Phi) is 5.04. The lowest BCUT2D eigenvalue weighted by Crippen LogP contribution is -2.44. The van der Waals surface area contributed by atoms with Crippen LogP contribution in [0.4, 0.5) is 11.4 Å². The third kappa shape index (κ3) is 3.13. The molecule has 2 amide bonds. The van der Waals surface area contributed by atoms with Crippen molar-refractivity contribution < 1.29 is 24.0 Å². The van der Waals surface area contributed by atoms with E-state index in [-0.39, 0.29) is 12.3 Å². The van der Waals surface area contributed by atoms with Crippen LogP contribution < -0.4 is 10.2 Å². The minimum absolute atomic E-state index is 0.125. The Morgan fingerprint density at radius 1 is 1.10 bits per heavy atom. The largest absolute Gasteiger partial charge is 0.465 e. The normalized spacial score (nSPS) is 25.3. The Labute approximate surface area is 171 Å². The predicted octanol–water partition coefficient (Wildman–Crippen LogP) is 1.98. The number of carbonyl (C=O) groups is 3. The van der Waals surface area contributed by atoms with E-state index in [0.29, 0.717) is 11.3 Å². The maximum Gasteiger partial charge on any atom is 0.324 e. The first-order chi connectivity index (χ1) is 14.4. The van der Waals surface area contributed by atoms with Crippen LogP contribution in [-0.2, 0) is 19.1 Å². The number of ether oxygens (including phenoxy) is 1. The SMILES string of the molecule is CCOC(=O)[C@@H]1N[C@H](c2cccc([N+](=O)[O-])c2)[C@@H]2C(=O)N(c3ccccc3)C(=O)[C@@H]21. The van der Waals surface area contributed by atoms with Gasteiger partial charge in [0.2, 0.25) is 11.8 Å². The smallest absolute Gasteiger partial charge is 0.324 e. The number of rotatable bonds is 5. The number of non-ortho nitro benzene ring substituents is 1. The number of nitro benzene ring substituents is 1. The van der Waals surface area contributed by atoms with Crippen LogP contribution in [0.15, 0.2) is 54.6 Å². The number of hydrogen-bond acceptors (Lipinski definition) is 7. The third-order valence-electron chi connectivity index (χ3n) is 5.47. The van der Waals surface area contributed by atoms with Gasteiger partial charge in [-0.15, -0.1) is 0 Å². The molecule has 2 aliphatic rings. The monoisotopic (exact) mass is 409 g/mol. The maximum absolute atomic E-state index is 13.3. The summed E-state index contributed by atoms with van der Waals surface area (Å²) in [5.41, 5.74) is 0.742. The molecule has 0 aliphatic carbocycles. The van der Waals surface area contributed by atoms with E-state index in [1.165, 1.54) is 18.2 Å². The van der Waals surface area contributed by atoms with Crippen LogP contribution in [0.2, 0.25) is 0 Å². The number of nitrogens with one attached hydrogen (secondary N) is 1. The molecule has 30 heavy (non-hydrogen) atoms. The van der Waals surface area contributed by atoms with Gasteiger partial charge in [-0.2, -0.15) is 0 Å². The van der Waals surface area contributed by atoms with Crippen LogP contribution in [-0.4, -0.2) is 35.4 Å². The second kappa shape index (κ2) is 7.68. The number of imide groups is 1. The molecular weight excluding hydrogens is 390 g/mol. The molecule has 2 aromatic rings. The van der Waals surface area contributed by atoms with E-state index in [1.54, 1.807) is 43.3 Å². The molecule has 0 radical (unpaired) electrons. The summed E-state index contributed by atoms with van der Waals surface area (Å²) in [7, 11) is 0. The summed E-state index contributed by atoms with van der Waals surface area (Å²) in [5, 5.41) is 14.2. The van der Waals surface area contributed by atoms with Crippen molar-refractivity contribution in [3.05, 3.63) is 70.3 Å². The van der Waals surface area contributed by atoms with Gasteiger partial charge in [-0.05, 0) is 24.6 Å². The lowest BCUT2D eigenvalue weighted by molar-refractivity contribution is -0.384. The summed E-state index contributed by atoms with van der Waals surface area (Å²) >= 11 is 0. The number of anilines is 1. The molecule has 4 rings (SSSR count). The molecule has 9 heteroatoms. The zero-order valence-corrected chi connectivity index (χ0v) is 16.1. The van der Waals surface area contributed by atoms with E-state index >= 15 is 0 Å². The second-order valence-corrected chi connectivity index (χ2v) is 7.13. The highest BCUT2D eigenvalue weighted by Gasteiger charge is 2.61. The summed E-state index contributed by atoms with van der Waals surface area (Å²) in [6.45, 7) is 1.78. The van der Waals surface area contributed by atoms with Gasteiger partial charge in [0, 0.05) is 18.2 Å². The predicted molar refractivity (Wildman–Crippen MR) is 105 cm³/mol. The van der Waals surface area contributed by atoms with Crippen molar-refractivity contribution in [1.82, 2.24) is 5.32 Å². The second-order valence-electron chi connectivity index (χ2n) is 7.13.